The summed E-state index contributed by atoms with van der Waals surface area (Å²) >= 11 is 0. The van der Waals surface area contributed by atoms with Gasteiger partial charge in [0.2, 0.25) is 11.8 Å². The molecule has 0 aromatic heterocycles. The van der Waals surface area contributed by atoms with Gasteiger partial charge in [0.05, 0.1) is 25.3 Å². The molecule has 1 saturated carbocycles. The average molecular weight is 402 g/mol. The second-order valence-corrected chi connectivity index (χ2v) is 7.74. The third-order valence-electron chi connectivity index (χ3n) is 5.49. The molecule has 0 radical (unpaired) electrons. The van der Waals surface area contributed by atoms with Crippen LogP contribution in [0.15, 0.2) is 24.3 Å². The predicted molar refractivity (Wildman–Crippen MR) is 108 cm³/mol. The van der Waals surface area contributed by atoms with Gasteiger partial charge in [-0.2, -0.15) is 0 Å². The van der Waals surface area contributed by atoms with E-state index in [1.807, 2.05) is 19.1 Å². The summed E-state index contributed by atoms with van der Waals surface area (Å²) in [5.41, 5.74) is 1.41. The van der Waals surface area contributed by atoms with Crippen molar-refractivity contribution in [3.63, 3.8) is 0 Å². The SMILES string of the molecule is COC(=O)c1ccc(CNC(=O)C(C)N2CCN(CC(=O)NC3CC3)CC2)cc1. The molecule has 8 nitrogen and oxygen atoms in total. The minimum atomic E-state index is -0.377. The number of esters is 1. The Morgan fingerprint density at radius 1 is 1.10 bits per heavy atom. The molecular formula is C21H30N4O4. The Morgan fingerprint density at radius 3 is 2.34 bits per heavy atom. The van der Waals surface area contributed by atoms with Gasteiger partial charge in [-0.25, -0.2) is 4.79 Å². The molecule has 1 aliphatic carbocycles. The molecule has 1 aromatic rings. The van der Waals surface area contributed by atoms with Crippen molar-refractivity contribution < 1.29 is 19.1 Å². The van der Waals surface area contributed by atoms with Crippen LogP contribution < -0.4 is 10.6 Å². The Bertz CT molecular complexity index is 725. The molecular weight excluding hydrogens is 372 g/mol. The lowest BCUT2D eigenvalue weighted by molar-refractivity contribution is -0.128. The number of methoxy groups -OCH3 is 1. The first-order valence-corrected chi connectivity index (χ1v) is 10.2. The van der Waals surface area contributed by atoms with Gasteiger partial charge in [-0.15, -0.1) is 0 Å². The molecule has 2 N–H and O–H groups in total. The number of ether oxygens (including phenoxy) is 1. The monoisotopic (exact) mass is 402 g/mol. The van der Waals surface area contributed by atoms with Gasteiger partial charge in [0.15, 0.2) is 0 Å². The molecule has 8 heteroatoms. The second kappa shape index (κ2) is 9.84. The quantitative estimate of drug-likeness (QED) is 0.611. The van der Waals surface area contributed by atoms with E-state index in [9.17, 15) is 14.4 Å². The van der Waals surface area contributed by atoms with E-state index in [0.717, 1.165) is 44.6 Å². The fraction of sp³-hybridized carbons (Fsp3) is 0.571. The molecule has 158 valence electrons. The van der Waals surface area contributed by atoms with E-state index in [0.29, 0.717) is 24.7 Å². The molecule has 3 rings (SSSR count). The normalized spacial score (nSPS) is 18.7. The number of hydrogen-bond acceptors (Lipinski definition) is 6. The molecule has 1 unspecified atom stereocenters. The molecule has 2 aliphatic rings. The zero-order valence-corrected chi connectivity index (χ0v) is 17.1. The van der Waals surface area contributed by atoms with Crippen molar-refractivity contribution >= 4 is 17.8 Å². The van der Waals surface area contributed by atoms with Gasteiger partial charge in [-0.3, -0.25) is 19.4 Å². The van der Waals surface area contributed by atoms with Crippen LogP contribution in [0.25, 0.3) is 0 Å². The van der Waals surface area contributed by atoms with Crippen molar-refractivity contribution in [2.24, 2.45) is 0 Å². The zero-order valence-electron chi connectivity index (χ0n) is 17.1. The topological polar surface area (TPSA) is 91.0 Å². The van der Waals surface area contributed by atoms with Gasteiger partial charge in [0.25, 0.3) is 0 Å². The van der Waals surface area contributed by atoms with Crippen LogP contribution in [-0.4, -0.2) is 79.5 Å². The van der Waals surface area contributed by atoms with Crippen molar-refractivity contribution in [2.75, 3.05) is 39.8 Å². The highest BCUT2D eigenvalue weighted by Gasteiger charge is 2.28. The average Bonchev–Trinajstić information content (AvgIpc) is 3.55. The Kier molecular flexibility index (Phi) is 7.22. The fourth-order valence-electron chi connectivity index (χ4n) is 3.39. The molecule has 2 fully saturated rings. The summed E-state index contributed by atoms with van der Waals surface area (Å²) in [5, 5.41) is 5.97. The third-order valence-corrected chi connectivity index (χ3v) is 5.49. The van der Waals surface area contributed by atoms with E-state index in [4.69, 9.17) is 0 Å². The highest BCUT2D eigenvalue weighted by atomic mass is 16.5. The summed E-state index contributed by atoms with van der Waals surface area (Å²) in [6.07, 6.45) is 2.20. The zero-order chi connectivity index (χ0) is 20.8. The Morgan fingerprint density at radius 2 is 1.76 bits per heavy atom. The molecule has 0 bridgehead atoms. The Balaban J connectivity index is 1.38. The summed E-state index contributed by atoms with van der Waals surface area (Å²) in [6, 6.07) is 7.16. The van der Waals surface area contributed by atoms with Gasteiger partial charge in [0.1, 0.15) is 0 Å². The molecule has 1 heterocycles. The van der Waals surface area contributed by atoms with Crippen molar-refractivity contribution in [3.05, 3.63) is 35.4 Å². The summed E-state index contributed by atoms with van der Waals surface area (Å²) in [5.74, 6) is -0.301. The molecule has 1 aromatic carbocycles. The highest BCUT2D eigenvalue weighted by Crippen LogP contribution is 2.18. The minimum Gasteiger partial charge on any atom is -0.465 e. The maximum absolute atomic E-state index is 12.5. The molecule has 2 amide bonds. The van der Waals surface area contributed by atoms with Crippen LogP contribution in [0.5, 0.6) is 0 Å². The number of hydrogen-bond donors (Lipinski definition) is 2. The van der Waals surface area contributed by atoms with Gasteiger partial charge < -0.3 is 15.4 Å². The largest absolute Gasteiger partial charge is 0.465 e. The maximum Gasteiger partial charge on any atom is 0.337 e. The summed E-state index contributed by atoms with van der Waals surface area (Å²) in [6.45, 7) is 5.84. The van der Waals surface area contributed by atoms with Crippen molar-refractivity contribution in [2.45, 2.75) is 38.4 Å². The molecule has 0 spiro atoms. The number of carbonyl (C=O) groups excluding carboxylic acids is 3. The first-order valence-electron chi connectivity index (χ1n) is 10.2. The number of piperazine rings is 1. The van der Waals surface area contributed by atoms with Crippen LogP contribution in [0, 0.1) is 0 Å². The number of benzene rings is 1. The molecule has 1 saturated heterocycles. The van der Waals surface area contributed by atoms with E-state index in [1.54, 1.807) is 12.1 Å². The number of nitrogens with one attached hydrogen (secondary N) is 2. The van der Waals surface area contributed by atoms with Crippen LogP contribution in [0.4, 0.5) is 0 Å². The summed E-state index contributed by atoms with van der Waals surface area (Å²) in [7, 11) is 1.35. The Labute approximate surface area is 171 Å². The van der Waals surface area contributed by atoms with Crippen molar-refractivity contribution in [1.29, 1.82) is 0 Å². The molecule has 1 aliphatic heterocycles. The lowest BCUT2D eigenvalue weighted by Gasteiger charge is -2.37. The van der Waals surface area contributed by atoms with Crippen LogP contribution in [0.2, 0.25) is 0 Å². The number of amides is 2. The second-order valence-electron chi connectivity index (χ2n) is 7.74. The van der Waals surface area contributed by atoms with Crippen molar-refractivity contribution in [1.82, 2.24) is 20.4 Å². The van der Waals surface area contributed by atoms with Crippen molar-refractivity contribution in [3.8, 4) is 0 Å². The fourth-order valence-corrected chi connectivity index (χ4v) is 3.39. The number of nitrogens with zero attached hydrogens (tertiary/aromatic N) is 2. The maximum atomic E-state index is 12.5. The lowest BCUT2D eigenvalue weighted by Crippen LogP contribution is -2.55. The van der Waals surface area contributed by atoms with Gasteiger partial charge in [0, 0.05) is 38.8 Å². The van der Waals surface area contributed by atoms with Gasteiger partial charge >= 0.3 is 5.97 Å². The molecule has 1 atom stereocenters. The minimum absolute atomic E-state index is 0.0260. The van der Waals surface area contributed by atoms with Crippen LogP contribution >= 0.6 is 0 Å². The first kappa shape index (κ1) is 21.3. The van der Waals surface area contributed by atoms with Crippen LogP contribution in [0.3, 0.4) is 0 Å². The lowest BCUT2D eigenvalue weighted by atomic mass is 10.1. The Hall–Kier alpha value is -2.45. The highest BCUT2D eigenvalue weighted by molar-refractivity contribution is 5.89. The van der Waals surface area contributed by atoms with Crippen LogP contribution in [0.1, 0.15) is 35.7 Å². The number of rotatable bonds is 8. The number of carbonyl (C=O) groups is 3. The van der Waals surface area contributed by atoms with E-state index in [2.05, 4.69) is 25.2 Å². The predicted octanol–water partition coefficient (Wildman–Crippen LogP) is 0.374. The third kappa shape index (κ3) is 6.27. The van der Waals surface area contributed by atoms with Gasteiger partial charge in [-0.1, -0.05) is 12.1 Å². The van der Waals surface area contributed by atoms with E-state index in [-0.39, 0.29) is 23.8 Å². The summed E-state index contributed by atoms with van der Waals surface area (Å²) in [4.78, 5) is 40.2. The van der Waals surface area contributed by atoms with E-state index < -0.39 is 0 Å². The van der Waals surface area contributed by atoms with Gasteiger partial charge in [-0.05, 0) is 37.5 Å². The van der Waals surface area contributed by atoms with E-state index >= 15 is 0 Å². The van der Waals surface area contributed by atoms with Crippen LogP contribution in [-0.2, 0) is 20.9 Å². The standard InChI is InChI=1S/C21H30N4O4/c1-15(20(27)22-13-16-3-5-17(6-4-16)21(28)29-2)25-11-9-24(10-12-25)14-19(26)23-18-7-8-18/h3-6,15,18H,7-14H2,1-2H3,(H,22,27)(H,23,26). The summed E-state index contributed by atoms with van der Waals surface area (Å²) < 4.78 is 4.68. The van der Waals surface area contributed by atoms with E-state index in [1.165, 1.54) is 7.11 Å². The first-order chi connectivity index (χ1) is 14.0. The smallest absolute Gasteiger partial charge is 0.337 e. The molecule has 29 heavy (non-hydrogen) atoms.